The lowest BCUT2D eigenvalue weighted by Gasteiger charge is -2.26. The molecule has 0 unspecified atom stereocenters. The second-order valence-corrected chi connectivity index (χ2v) is 7.72. The van der Waals surface area contributed by atoms with Crippen LogP contribution in [0.3, 0.4) is 0 Å². The van der Waals surface area contributed by atoms with Crippen molar-refractivity contribution >= 4 is 22.4 Å². The minimum absolute atomic E-state index is 0.292. The van der Waals surface area contributed by atoms with E-state index in [0.717, 1.165) is 38.0 Å². The van der Waals surface area contributed by atoms with E-state index in [1.54, 1.807) is 0 Å². The third-order valence-electron chi connectivity index (χ3n) is 5.61. The van der Waals surface area contributed by atoms with E-state index in [4.69, 9.17) is 4.74 Å². The number of nitrogens with zero attached hydrogens (tertiary/aromatic N) is 1. The van der Waals surface area contributed by atoms with Crippen LogP contribution in [0.5, 0.6) is 5.75 Å². The number of esters is 1. The molecule has 3 aromatic rings. The lowest BCUT2D eigenvalue weighted by Crippen LogP contribution is -2.29. The summed E-state index contributed by atoms with van der Waals surface area (Å²) in [5.74, 6) is 0.297. The van der Waals surface area contributed by atoms with E-state index >= 15 is 0 Å². The Labute approximate surface area is 172 Å². The molecular weight excluding hydrogens is 360 g/mol. The lowest BCUT2D eigenvalue weighted by atomic mass is 9.99. The fraction of sp³-hybridized carbons (Fsp3) is 0.320. The van der Waals surface area contributed by atoms with Crippen molar-refractivity contribution in [2.75, 3.05) is 19.6 Å². The highest BCUT2D eigenvalue weighted by Crippen LogP contribution is 2.25. The summed E-state index contributed by atoms with van der Waals surface area (Å²) in [5.41, 5.74) is 5.20. The van der Waals surface area contributed by atoms with Gasteiger partial charge in [0.1, 0.15) is 5.75 Å². The Kier molecular flexibility index (Phi) is 6.11. The number of aryl methyl sites for hydroxylation is 1. The van der Waals surface area contributed by atoms with E-state index in [1.165, 1.54) is 41.9 Å². The van der Waals surface area contributed by atoms with Gasteiger partial charge in [0, 0.05) is 43.2 Å². The number of nitrogens with one attached hydrogen (secondary N) is 1. The van der Waals surface area contributed by atoms with Crippen molar-refractivity contribution in [1.29, 1.82) is 0 Å². The topological polar surface area (TPSA) is 45.3 Å². The predicted molar refractivity (Wildman–Crippen MR) is 118 cm³/mol. The van der Waals surface area contributed by atoms with Gasteiger partial charge in [0.05, 0.1) is 0 Å². The van der Waals surface area contributed by atoms with Crippen LogP contribution in [-0.4, -0.2) is 35.5 Å². The van der Waals surface area contributed by atoms with Crippen molar-refractivity contribution in [2.45, 2.75) is 32.6 Å². The van der Waals surface area contributed by atoms with Crippen molar-refractivity contribution in [3.05, 3.63) is 71.9 Å². The Morgan fingerprint density at radius 3 is 2.76 bits per heavy atom. The Morgan fingerprint density at radius 2 is 2.00 bits per heavy atom. The maximum absolute atomic E-state index is 11.1. The van der Waals surface area contributed by atoms with Gasteiger partial charge in [-0.3, -0.25) is 9.69 Å². The molecule has 4 heteroatoms. The van der Waals surface area contributed by atoms with Gasteiger partial charge < -0.3 is 9.72 Å². The van der Waals surface area contributed by atoms with Crippen molar-refractivity contribution in [2.24, 2.45) is 0 Å². The number of carbonyl (C=O) groups excluding carboxylic acids is 1. The summed E-state index contributed by atoms with van der Waals surface area (Å²) in [7, 11) is 0. The molecule has 150 valence electrons. The largest absolute Gasteiger partial charge is 0.427 e. The first-order chi connectivity index (χ1) is 14.2. The highest BCUT2D eigenvalue weighted by atomic mass is 16.5. The van der Waals surface area contributed by atoms with E-state index in [-0.39, 0.29) is 5.97 Å². The Bertz CT molecular complexity index is 1000. The second kappa shape index (κ2) is 9.10. The third kappa shape index (κ3) is 4.96. The number of fused-ring (bicyclic) bond motifs is 1. The Balaban J connectivity index is 1.25. The number of aromatic nitrogens is 1. The second-order valence-electron chi connectivity index (χ2n) is 7.72. The van der Waals surface area contributed by atoms with E-state index in [0.29, 0.717) is 5.75 Å². The quantitative estimate of drug-likeness (QED) is 0.343. The number of carbonyl (C=O) groups is 1. The molecule has 4 nitrogen and oxygen atoms in total. The number of hydrogen-bond acceptors (Lipinski definition) is 3. The smallest absolute Gasteiger partial charge is 0.308 e. The molecule has 1 aliphatic heterocycles. The SMILES string of the molecule is CC(=O)Oc1ccc2c(CCCCN3CC=C(c4ccccc4)CC3)c[nH]c2c1. The van der Waals surface area contributed by atoms with Gasteiger partial charge in [-0.2, -0.15) is 0 Å². The summed E-state index contributed by atoms with van der Waals surface area (Å²) in [6, 6.07) is 16.5. The van der Waals surface area contributed by atoms with Gasteiger partial charge in [0.15, 0.2) is 0 Å². The van der Waals surface area contributed by atoms with Gasteiger partial charge in [-0.1, -0.05) is 36.4 Å². The molecule has 0 atom stereocenters. The standard InChI is InChI=1S/C25H28N2O2/c1-19(28)29-23-10-11-24-22(18-26-25(24)17-23)9-5-6-14-27-15-12-21(13-16-27)20-7-3-2-4-8-20/h2-4,7-8,10-12,17-18,26H,5-6,9,13-16H2,1H3. The molecule has 0 amide bonds. The Hall–Kier alpha value is -2.85. The molecule has 1 aliphatic rings. The zero-order chi connectivity index (χ0) is 20.1. The zero-order valence-electron chi connectivity index (χ0n) is 17.0. The molecular formula is C25H28N2O2. The van der Waals surface area contributed by atoms with Crippen LogP contribution in [0.2, 0.25) is 0 Å². The van der Waals surface area contributed by atoms with Gasteiger partial charge >= 0.3 is 5.97 Å². The predicted octanol–water partition coefficient (Wildman–Crippen LogP) is 5.21. The summed E-state index contributed by atoms with van der Waals surface area (Å²) in [4.78, 5) is 17.0. The van der Waals surface area contributed by atoms with Crippen molar-refractivity contribution in [1.82, 2.24) is 9.88 Å². The molecule has 1 N–H and O–H groups in total. The molecule has 1 aromatic heterocycles. The van der Waals surface area contributed by atoms with Gasteiger partial charge in [-0.15, -0.1) is 0 Å². The maximum atomic E-state index is 11.1. The van der Waals surface area contributed by atoms with Crippen LogP contribution >= 0.6 is 0 Å². The van der Waals surface area contributed by atoms with E-state index in [1.807, 2.05) is 18.2 Å². The average molecular weight is 389 g/mol. The van der Waals surface area contributed by atoms with Gasteiger partial charge in [-0.25, -0.2) is 0 Å². The molecule has 2 aromatic carbocycles. The Morgan fingerprint density at radius 1 is 1.14 bits per heavy atom. The van der Waals surface area contributed by atoms with Gasteiger partial charge in [0.25, 0.3) is 0 Å². The fourth-order valence-corrected chi connectivity index (χ4v) is 4.08. The first kappa shape index (κ1) is 19.5. The molecule has 29 heavy (non-hydrogen) atoms. The summed E-state index contributed by atoms with van der Waals surface area (Å²) >= 11 is 0. The van der Waals surface area contributed by atoms with E-state index in [2.05, 4.69) is 52.5 Å². The van der Waals surface area contributed by atoms with Crippen LogP contribution in [0, 0.1) is 0 Å². The molecule has 0 saturated heterocycles. The van der Waals surface area contributed by atoms with Crippen molar-refractivity contribution in [3.8, 4) is 5.75 Å². The van der Waals surface area contributed by atoms with Crippen LogP contribution < -0.4 is 4.74 Å². The molecule has 0 aliphatic carbocycles. The number of unbranched alkanes of at least 4 members (excludes halogenated alkanes) is 1. The average Bonchev–Trinajstić information content (AvgIpc) is 3.14. The fourth-order valence-electron chi connectivity index (χ4n) is 4.08. The number of benzene rings is 2. The maximum Gasteiger partial charge on any atom is 0.308 e. The third-order valence-corrected chi connectivity index (χ3v) is 5.61. The number of hydrogen-bond donors (Lipinski definition) is 1. The number of rotatable bonds is 7. The van der Waals surface area contributed by atoms with Gasteiger partial charge in [-0.05, 0) is 61.1 Å². The summed E-state index contributed by atoms with van der Waals surface area (Å²) in [6.07, 6.45) is 9.04. The van der Waals surface area contributed by atoms with Crippen LogP contribution in [0.25, 0.3) is 16.5 Å². The first-order valence-electron chi connectivity index (χ1n) is 10.4. The number of H-pyrrole nitrogens is 1. The number of aromatic amines is 1. The molecule has 0 fully saturated rings. The molecule has 0 bridgehead atoms. The van der Waals surface area contributed by atoms with E-state index < -0.39 is 0 Å². The van der Waals surface area contributed by atoms with E-state index in [9.17, 15) is 4.79 Å². The highest BCUT2D eigenvalue weighted by Gasteiger charge is 2.12. The normalized spacial score (nSPS) is 14.7. The highest BCUT2D eigenvalue weighted by molar-refractivity contribution is 5.85. The minimum atomic E-state index is -0.292. The molecule has 4 rings (SSSR count). The summed E-state index contributed by atoms with van der Waals surface area (Å²) < 4.78 is 5.16. The van der Waals surface area contributed by atoms with Gasteiger partial charge in [0.2, 0.25) is 0 Å². The summed E-state index contributed by atoms with van der Waals surface area (Å²) in [6.45, 7) is 4.77. The van der Waals surface area contributed by atoms with Crippen LogP contribution in [0.15, 0.2) is 60.8 Å². The lowest BCUT2D eigenvalue weighted by molar-refractivity contribution is -0.131. The van der Waals surface area contributed by atoms with Crippen LogP contribution in [0.1, 0.15) is 37.3 Å². The first-order valence-corrected chi connectivity index (χ1v) is 10.4. The molecule has 2 heterocycles. The zero-order valence-corrected chi connectivity index (χ0v) is 17.0. The molecule has 0 radical (unpaired) electrons. The molecule has 0 spiro atoms. The monoisotopic (exact) mass is 388 g/mol. The van der Waals surface area contributed by atoms with Crippen LogP contribution in [0.4, 0.5) is 0 Å². The number of ether oxygens (including phenoxy) is 1. The minimum Gasteiger partial charge on any atom is -0.427 e. The van der Waals surface area contributed by atoms with Crippen molar-refractivity contribution < 1.29 is 9.53 Å². The summed E-state index contributed by atoms with van der Waals surface area (Å²) in [5, 5.41) is 1.22. The van der Waals surface area contributed by atoms with Crippen LogP contribution in [-0.2, 0) is 11.2 Å². The molecule has 0 saturated carbocycles. The van der Waals surface area contributed by atoms with Crippen molar-refractivity contribution in [3.63, 3.8) is 0 Å².